The fraction of sp³-hybridized carbons (Fsp3) is 0.571. The Bertz CT molecular complexity index is 485. The molecule has 1 saturated heterocycles. The van der Waals surface area contributed by atoms with E-state index >= 15 is 0 Å². The summed E-state index contributed by atoms with van der Waals surface area (Å²) in [6.07, 6.45) is 0.0986. The van der Waals surface area contributed by atoms with E-state index in [0.29, 0.717) is 29.6 Å². The number of halogens is 1. The second-order valence-electron chi connectivity index (χ2n) is 5.06. The van der Waals surface area contributed by atoms with Gasteiger partial charge in [0.15, 0.2) is 0 Å². The average molecular weight is 298 g/mol. The predicted octanol–water partition coefficient (Wildman–Crippen LogP) is 2.42. The van der Waals surface area contributed by atoms with Crippen molar-refractivity contribution >= 4 is 23.3 Å². The van der Waals surface area contributed by atoms with Crippen LogP contribution in [0.15, 0.2) is 12.1 Å². The van der Waals surface area contributed by atoms with Crippen LogP contribution < -0.4 is 5.32 Å². The molecule has 1 aromatic rings. The highest BCUT2D eigenvalue weighted by atomic mass is 35.5. The third-order valence-electron chi connectivity index (χ3n) is 3.11. The van der Waals surface area contributed by atoms with Crippen LogP contribution in [0.5, 0.6) is 0 Å². The van der Waals surface area contributed by atoms with E-state index in [9.17, 15) is 4.79 Å². The first-order valence-corrected chi connectivity index (χ1v) is 7.23. The molecule has 110 valence electrons. The summed E-state index contributed by atoms with van der Waals surface area (Å²) in [7, 11) is 0. The maximum Gasteiger partial charge on any atom is 0.254 e. The largest absolute Gasteiger partial charge is 0.372 e. The van der Waals surface area contributed by atoms with Crippen molar-refractivity contribution in [2.24, 2.45) is 0 Å². The van der Waals surface area contributed by atoms with Gasteiger partial charge in [-0.05, 0) is 32.9 Å². The highest BCUT2D eigenvalue weighted by molar-refractivity contribution is 6.29. The summed E-state index contributed by atoms with van der Waals surface area (Å²) in [6, 6.07) is 3.35. The summed E-state index contributed by atoms with van der Waals surface area (Å²) in [4.78, 5) is 18.5. The van der Waals surface area contributed by atoms with Crippen molar-refractivity contribution in [2.75, 3.05) is 25.0 Å². The average Bonchev–Trinajstić information content (AvgIpc) is 2.36. The van der Waals surface area contributed by atoms with Gasteiger partial charge in [-0.3, -0.25) is 4.79 Å². The van der Waals surface area contributed by atoms with Crippen LogP contribution >= 0.6 is 11.6 Å². The molecule has 2 heterocycles. The zero-order chi connectivity index (χ0) is 14.7. The van der Waals surface area contributed by atoms with E-state index < -0.39 is 0 Å². The standard InChI is InChI=1S/C14H20ClN3O2/c1-4-16-13-6-11(5-12(15)17-13)14(19)18-7-9(2)20-10(3)8-18/h5-6,9-10H,4,7-8H2,1-3H3,(H,16,17)/t9-,10+. The second kappa shape index (κ2) is 6.41. The van der Waals surface area contributed by atoms with Gasteiger partial charge in [0.05, 0.1) is 12.2 Å². The summed E-state index contributed by atoms with van der Waals surface area (Å²) >= 11 is 5.98. The number of amides is 1. The molecule has 2 atom stereocenters. The molecule has 1 N–H and O–H groups in total. The lowest BCUT2D eigenvalue weighted by Gasteiger charge is -2.35. The normalized spacial score (nSPS) is 22.7. The molecule has 0 radical (unpaired) electrons. The number of hydrogen-bond donors (Lipinski definition) is 1. The van der Waals surface area contributed by atoms with Crippen molar-refractivity contribution in [1.29, 1.82) is 0 Å². The molecule has 6 heteroatoms. The van der Waals surface area contributed by atoms with E-state index in [1.165, 1.54) is 0 Å². The zero-order valence-electron chi connectivity index (χ0n) is 12.0. The van der Waals surface area contributed by atoms with E-state index in [2.05, 4.69) is 10.3 Å². The lowest BCUT2D eigenvalue weighted by Crippen LogP contribution is -2.48. The Balaban J connectivity index is 2.19. The highest BCUT2D eigenvalue weighted by Crippen LogP contribution is 2.19. The number of nitrogens with one attached hydrogen (secondary N) is 1. The van der Waals surface area contributed by atoms with Crippen molar-refractivity contribution < 1.29 is 9.53 Å². The lowest BCUT2D eigenvalue weighted by atomic mass is 10.1. The molecule has 0 bridgehead atoms. The molecule has 1 fully saturated rings. The fourth-order valence-electron chi connectivity index (χ4n) is 2.42. The van der Waals surface area contributed by atoms with Crippen LogP contribution in [0.1, 0.15) is 31.1 Å². The third kappa shape index (κ3) is 3.61. The number of rotatable bonds is 3. The second-order valence-corrected chi connectivity index (χ2v) is 5.45. The van der Waals surface area contributed by atoms with Crippen LogP contribution in [-0.2, 0) is 4.74 Å². The van der Waals surface area contributed by atoms with Gasteiger partial charge in [0.1, 0.15) is 11.0 Å². The Labute approximate surface area is 124 Å². The summed E-state index contributed by atoms with van der Waals surface area (Å²) in [6.45, 7) is 7.83. The Morgan fingerprint density at radius 1 is 1.45 bits per heavy atom. The maximum absolute atomic E-state index is 12.6. The van der Waals surface area contributed by atoms with Crippen molar-refractivity contribution in [3.8, 4) is 0 Å². The number of hydrogen-bond acceptors (Lipinski definition) is 4. The zero-order valence-corrected chi connectivity index (χ0v) is 12.8. The number of nitrogens with zero attached hydrogens (tertiary/aromatic N) is 2. The molecule has 2 rings (SSSR count). The Morgan fingerprint density at radius 2 is 2.10 bits per heavy atom. The van der Waals surface area contributed by atoms with Gasteiger partial charge < -0.3 is 15.0 Å². The maximum atomic E-state index is 12.6. The van der Waals surface area contributed by atoms with E-state index in [-0.39, 0.29) is 18.1 Å². The molecule has 20 heavy (non-hydrogen) atoms. The van der Waals surface area contributed by atoms with Crippen LogP contribution in [-0.4, -0.2) is 47.6 Å². The van der Waals surface area contributed by atoms with Gasteiger partial charge in [-0.25, -0.2) is 4.98 Å². The minimum atomic E-state index is -0.0320. The van der Waals surface area contributed by atoms with Crippen LogP contribution in [0.2, 0.25) is 5.15 Å². The Hall–Kier alpha value is -1.33. The van der Waals surface area contributed by atoms with E-state index in [0.717, 1.165) is 6.54 Å². The number of anilines is 1. The van der Waals surface area contributed by atoms with Crippen LogP contribution in [0.25, 0.3) is 0 Å². The molecule has 0 saturated carbocycles. The predicted molar refractivity (Wildman–Crippen MR) is 79.3 cm³/mol. The smallest absolute Gasteiger partial charge is 0.254 e. The first-order valence-electron chi connectivity index (χ1n) is 6.85. The molecular weight excluding hydrogens is 278 g/mol. The molecule has 0 aromatic carbocycles. The third-order valence-corrected chi connectivity index (χ3v) is 3.30. The van der Waals surface area contributed by atoms with Crippen molar-refractivity contribution in [1.82, 2.24) is 9.88 Å². The first-order chi connectivity index (χ1) is 9.49. The van der Waals surface area contributed by atoms with Gasteiger partial charge in [-0.1, -0.05) is 11.6 Å². The number of carbonyl (C=O) groups excluding carboxylic acids is 1. The van der Waals surface area contributed by atoms with Crippen molar-refractivity contribution in [3.63, 3.8) is 0 Å². The number of morpholine rings is 1. The summed E-state index contributed by atoms with van der Waals surface area (Å²) < 4.78 is 5.64. The van der Waals surface area contributed by atoms with Gasteiger partial charge >= 0.3 is 0 Å². The van der Waals surface area contributed by atoms with Gasteiger partial charge in [0.25, 0.3) is 5.91 Å². The molecule has 1 amide bonds. The van der Waals surface area contributed by atoms with Gasteiger partial charge in [-0.15, -0.1) is 0 Å². The van der Waals surface area contributed by atoms with Gasteiger partial charge in [0, 0.05) is 25.2 Å². The Kier molecular flexibility index (Phi) is 4.83. The molecule has 1 aromatic heterocycles. The summed E-state index contributed by atoms with van der Waals surface area (Å²) in [5.41, 5.74) is 0.558. The van der Waals surface area contributed by atoms with Gasteiger partial charge in [-0.2, -0.15) is 0 Å². The SMILES string of the molecule is CCNc1cc(C(=O)N2C[C@@H](C)O[C@@H](C)C2)cc(Cl)n1. The highest BCUT2D eigenvalue weighted by Gasteiger charge is 2.27. The number of carbonyl (C=O) groups is 1. The van der Waals surface area contributed by atoms with E-state index in [1.54, 1.807) is 17.0 Å². The molecule has 1 aliphatic heterocycles. The molecule has 0 unspecified atom stereocenters. The van der Waals surface area contributed by atoms with Crippen molar-refractivity contribution in [3.05, 3.63) is 22.8 Å². The summed E-state index contributed by atoms with van der Waals surface area (Å²) in [5, 5.41) is 3.39. The number of pyridine rings is 1. The molecule has 0 spiro atoms. The minimum absolute atomic E-state index is 0.0320. The van der Waals surface area contributed by atoms with E-state index in [4.69, 9.17) is 16.3 Å². The fourth-order valence-corrected chi connectivity index (χ4v) is 2.63. The molecule has 5 nitrogen and oxygen atoms in total. The van der Waals surface area contributed by atoms with Crippen LogP contribution in [0.4, 0.5) is 5.82 Å². The monoisotopic (exact) mass is 297 g/mol. The van der Waals surface area contributed by atoms with Crippen LogP contribution in [0, 0.1) is 0 Å². The number of aromatic nitrogens is 1. The summed E-state index contributed by atoms with van der Waals surface area (Å²) in [5.74, 6) is 0.591. The lowest BCUT2D eigenvalue weighted by molar-refractivity contribution is -0.0586. The Morgan fingerprint density at radius 3 is 2.70 bits per heavy atom. The number of ether oxygens (including phenoxy) is 1. The minimum Gasteiger partial charge on any atom is -0.372 e. The molecule has 0 aliphatic carbocycles. The van der Waals surface area contributed by atoms with Crippen LogP contribution in [0.3, 0.4) is 0 Å². The van der Waals surface area contributed by atoms with E-state index in [1.807, 2.05) is 20.8 Å². The topological polar surface area (TPSA) is 54.5 Å². The van der Waals surface area contributed by atoms with Gasteiger partial charge in [0.2, 0.25) is 0 Å². The molecule has 1 aliphatic rings. The quantitative estimate of drug-likeness (QED) is 0.871. The van der Waals surface area contributed by atoms with Crippen molar-refractivity contribution in [2.45, 2.75) is 33.0 Å². The first kappa shape index (κ1) is 15.1. The molecular formula is C14H20ClN3O2.